The van der Waals surface area contributed by atoms with E-state index in [0.717, 1.165) is 12.3 Å². The zero-order valence-electron chi connectivity index (χ0n) is 16.8. The highest BCUT2D eigenvalue weighted by Gasteiger charge is 2.31. The summed E-state index contributed by atoms with van der Waals surface area (Å²) in [6.07, 6.45) is -2.67. The summed E-state index contributed by atoms with van der Waals surface area (Å²) in [5.74, 6) is 0.316. The van der Waals surface area contributed by atoms with Crippen LogP contribution in [0.3, 0.4) is 0 Å². The maximum Gasteiger partial charge on any atom is 0.417 e. The Morgan fingerprint density at radius 2 is 1.86 bits per heavy atom. The molecule has 10 heteroatoms. The van der Waals surface area contributed by atoms with Crippen LogP contribution >= 0.6 is 0 Å². The minimum absolute atomic E-state index is 0.0188. The molecule has 1 fully saturated rings. The van der Waals surface area contributed by atoms with Crippen LogP contribution in [0.1, 0.15) is 45.6 Å². The number of alkyl halides is 3. The molecular formula is C19H27F3N4O3. The molecule has 1 aromatic rings. The SMILES string of the molecule is CC(C)(C)OC(=O)NCCC(=O)NC1CCN(c2ccc(C(F)(F)F)cn2)CC1. The van der Waals surface area contributed by atoms with Crippen molar-refractivity contribution in [3.63, 3.8) is 0 Å². The minimum Gasteiger partial charge on any atom is -0.444 e. The number of rotatable bonds is 5. The molecule has 1 saturated heterocycles. The molecule has 0 bridgehead atoms. The predicted molar refractivity (Wildman–Crippen MR) is 101 cm³/mol. The molecule has 1 aromatic heterocycles. The number of alkyl carbamates (subject to hydrolysis) is 1. The van der Waals surface area contributed by atoms with Gasteiger partial charge in [0.2, 0.25) is 5.91 Å². The summed E-state index contributed by atoms with van der Waals surface area (Å²) in [6.45, 7) is 6.61. The second kappa shape index (κ2) is 9.32. The van der Waals surface area contributed by atoms with Gasteiger partial charge in [0.05, 0.1) is 5.56 Å². The van der Waals surface area contributed by atoms with Crippen molar-refractivity contribution in [3.8, 4) is 0 Å². The van der Waals surface area contributed by atoms with Crippen LogP contribution in [0.2, 0.25) is 0 Å². The smallest absolute Gasteiger partial charge is 0.417 e. The number of amides is 2. The first-order chi connectivity index (χ1) is 13.4. The van der Waals surface area contributed by atoms with E-state index < -0.39 is 23.4 Å². The fourth-order valence-electron chi connectivity index (χ4n) is 2.89. The summed E-state index contributed by atoms with van der Waals surface area (Å²) in [7, 11) is 0. The molecule has 7 nitrogen and oxygen atoms in total. The van der Waals surface area contributed by atoms with Crippen molar-refractivity contribution < 1.29 is 27.5 Å². The van der Waals surface area contributed by atoms with E-state index in [0.29, 0.717) is 31.7 Å². The van der Waals surface area contributed by atoms with Gasteiger partial charge >= 0.3 is 12.3 Å². The van der Waals surface area contributed by atoms with E-state index in [1.807, 2.05) is 4.90 Å². The van der Waals surface area contributed by atoms with Gasteiger partial charge in [-0.25, -0.2) is 9.78 Å². The molecule has 0 aliphatic carbocycles. The quantitative estimate of drug-likeness (QED) is 0.771. The summed E-state index contributed by atoms with van der Waals surface area (Å²) in [6, 6.07) is 2.37. The third-order valence-corrected chi connectivity index (χ3v) is 4.28. The van der Waals surface area contributed by atoms with E-state index in [-0.39, 0.29) is 24.9 Å². The molecule has 2 rings (SSSR count). The number of piperidine rings is 1. The third-order valence-electron chi connectivity index (χ3n) is 4.28. The van der Waals surface area contributed by atoms with E-state index >= 15 is 0 Å². The van der Waals surface area contributed by atoms with Crippen LogP contribution in [0.5, 0.6) is 0 Å². The summed E-state index contributed by atoms with van der Waals surface area (Å²) in [5, 5.41) is 5.45. The molecule has 0 unspecified atom stereocenters. The van der Waals surface area contributed by atoms with Gasteiger partial charge in [-0.2, -0.15) is 13.2 Å². The molecule has 0 aromatic carbocycles. The van der Waals surface area contributed by atoms with Gasteiger partial charge in [0, 0.05) is 38.3 Å². The van der Waals surface area contributed by atoms with Crippen LogP contribution in [0.4, 0.5) is 23.8 Å². The molecule has 0 spiro atoms. The maximum absolute atomic E-state index is 12.6. The van der Waals surface area contributed by atoms with Crippen LogP contribution in [0.25, 0.3) is 0 Å². The van der Waals surface area contributed by atoms with Gasteiger partial charge < -0.3 is 20.3 Å². The van der Waals surface area contributed by atoms with Gasteiger partial charge in [-0.3, -0.25) is 4.79 Å². The zero-order chi connectivity index (χ0) is 21.7. The number of pyridine rings is 1. The Hall–Kier alpha value is -2.52. The Kier molecular flexibility index (Phi) is 7.32. The number of hydrogen-bond acceptors (Lipinski definition) is 5. The number of nitrogens with one attached hydrogen (secondary N) is 2. The van der Waals surface area contributed by atoms with Crippen molar-refractivity contribution in [3.05, 3.63) is 23.9 Å². The van der Waals surface area contributed by atoms with Crippen LogP contribution in [0, 0.1) is 0 Å². The van der Waals surface area contributed by atoms with Gasteiger partial charge in [-0.05, 0) is 45.7 Å². The van der Waals surface area contributed by atoms with Gasteiger partial charge in [0.25, 0.3) is 0 Å². The van der Waals surface area contributed by atoms with Crippen molar-refractivity contribution in [1.82, 2.24) is 15.6 Å². The lowest BCUT2D eigenvalue weighted by atomic mass is 10.0. The Balaban J connectivity index is 1.70. The van der Waals surface area contributed by atoms with Crippen molar-refractivity contribution in [1.29, 1.82) is 0 Å². The summed E-state index contributed by atoms with van der Waals surface area (Å²) in [5.41, 5.74) is -1.37. The van der Waals surface area contributed by atoms with Crippen molar-refractivity contribution in [2.24, 2.45) is 0 Å². The molecule has 0 atom stereocenters. The van der Waals surface area contributed by atoms with Gasteiger partial charge in [0.15, 0.2) is 0 Å². The van der Waals surface area contributed by atoms with Gasteiger partial charge in [0.1, 0.15) is 11.4 Å². The molecule has 0 radical (unpaired) electrons. The topological polar surface area (TPSA) is 83.6 Å². The highest BCUT2D eigenvalue weighted by atomic mass is 19.4. The normalized spacial score (nSPS) is 15.7. The van der Waals surface area contributed by atoms with Crippen molar-refractivity contribution in [2.75, 3.05) is 24.5 Å². The van der Waals surface area contributed by atoms with Crippen LogP contribution in [0.15, 0.2) is 18.3 Å². The predicted octanol–water partition coefficient (Wildman–Crippen LogP) is 3.10. The van der Waals surface area contributed by atoms with E-state index in [1.54, 1.807) is 20.8 Å². The summed E-state index contributed by atoms with van der Waals surface area (Å²) >= 11 is 0. The van der Waals surface area contributed by atoms with E-state index in [9.17, 15) is 22.8 Å². The van der Waals surface area contributed by atoms with Gasteiger partial charge in [-0.1, -0.05) is 0 Å². The summed E-state index contributed by atoms with van der Waals surface area (Å²) < 4.78 is 42.9. The molecule has 1 aliphatic heterocycles. The summed E-state index contributed by atoms with van der Waals surface area (Å²) in [4.78, 5) is 29.4. The average Bonchev–Trinajstić information content (AvgIpc) is 2.60. The number of anilines is 1. The fourth-order valence-corrected chi connectivity index (χ4v) is 2.89. The highest BCUT2D eigenvalue weighted by Crippen LogP contribution is 2.29. The second-order valence-corrected chi connectivity index (χ2v) is 7.91. The molecule has 1 aliphatic rings. The van der Waals surface area contributed by atoms with Crippen LogP contribution in [-0.2, 0) is 15.7 Å². The Morgan fingerprint density at radius 3 is 2.38 bits per heavy atom. The minimum atomic E-state index is -4.40. The molecular weight excluding hydrogens is 389 g/mol. The molecule has 2 N–H and O–H groups in total. The maximum atomic E-state index is 12.6. The molecule has 2 heterocycles. The largest absolute Gasteiger partial charge is 0.444 e. The average molecular weight is 416 g/mol. The Labute approximate surface area is 168 Å². The number of ether oxygens (including phenoxy) is 1. The van der Waals surface area contributed by atoms with Crippen LogP contribution < -0.4 is 15.5 Å². The number of aromatic nitrogens is 1. The first-order valence-corrected chi connectivity index (χ1v) is 9.48. The Morgan fingerprint density at radius 1 is 1.21 bits per heavy atom. The fraction of sp³-hybridized carbons (Fsp3) is 0.632. The lowest BCUT2D eigenvalue weighted by Gasteiger charge is -2.33. The lowest BCUT2D eigenvalue weighted by molar-refractivity contribution is -0.137. The number of carbonyl (C=O) groups is 2. The lowest BCUT2D eigenvalue weighted by Crippen LogP contribution is -2.45. The number of halogens is 3. The zero-order valence-corrected chi connectivity index (χ0v) is 16.8. The molecule has 2 amide bonds. The van der Waals surface area contributed by atoms with Crippen molar-refractivity contribution in [2.45, 2.75) is 57.9 Å². The van der Waals surface area contributed by atoms with E-state index in [1.165, 1.54) is 6.07 Å². The molecule has 0 saturated carbocycles. The number of carbonyl (C=O) groups excluding carboxylic acids is 2. The first-order valence-electron chi connectivity index (χ1n) is 9.48. The molecule has 29 heavy (non-hydrogen) atoms. The first kappa shape index (κ1) is 22.8. The van der Waals surface area contributed by atoms with Crippen LogP contribution in [-0.4, -0.2) is 48.3 Å². The number of nitrogens with zero attached hydrogens (tertiary/aromatic N) is 2. The van der Waals surface area contributed by atoms with Crippen molar-refractivity contribution >= 4 is 17.8 Å². The second-order valence-electron chi connectivity index (χ2n) is 7.91. The van der Waals surface area contributed by atoms with Gasteiger partial charge in [-0.15, -0.1) is 0 Å². The number of hydrogen-bond donors (Lipinski definition) is 2. The Bertz CT molecular complexity index is 694. The monoisotopic (exact) mass is 416 g/mol. The standard InChI is InChI=1S/C19H27F3N4O3/c1-18(2,3)29-17(28)23-9-6-16(27)25-14-7-10-26(11-8-14)15-5-4-13(12-24-15)19(20,21)22/h4-5,12,14H,6-11H2,1-3H3,(H,23,28)(H,25,27). The highest BCUT2D eigenvalue weighted by molar-refractivity contribution is 5.77. The third kappa shape index (κ3) is 7.78. The van der Waals surface area contributed by atoms with E-state index in [4.69, 9.17) is 4.74 Å². The van der Waals surface area contributed by atoms with E-state index in [2.05, 4.69) is 15.6 Å². The molecule has 162 valence electrons.